The summed E-state index contributed by atoms with van der Waals surface area (Å²) in [6, 6.07) is 9.50. The van der Waals surface area contributed by atoms with Crippen LogP contribution in [-0.2, 0) is 16.1 Å². The van der Waals surface area contributed by atoms with E-state index in [1.165, 1.54) is 18.2 Å². The van der Waals surface area contributed by atoms with Gasteiger partial charge in [-0.05, 0) is 64.3 Å². The van der Waals surface area contributed by atoms with Gasteiger partial charge in [0, 0.05) is 6.08 Å². The molecule has 0 unspecified atom stereocenters. The summed E-state index contributed by atoms with van der Waals surface area (Å²) in [6.45, 7) is 2.33. The van der Waals surface area contributed by atoms with Crippen LogP contribution in [0, 0.1) is 5.82 Å². The van der Waals surface area contributed by atoms with E-state index in [1.807, 2.05) is 0 Å². The lowest BCUT2D eigenvalue weighted by Gasteiger charge is -2.11. The zero-order valence-corrected chi connectivity index (χ0v) is 15.2. The molecule has 0 saturated heterocycles. The largest absolute Gasteiger partial charge is 0.486 e. The van der Waals surface area contributed by atoms with Crippen molar-refractivity contribution < 1.29 is 18.7 Å². The highest BCUT2D eigenvalue weighted by atomic mass is 79.9. The summed E-state index contributed by atoms with van der Waals surface area (Å²) in [4.78, 5) is 11.3. The number of halogens is 3. The van der Waals surface area contributed by atoms with Crippen LogP contribution in [0.3, 0.4) is 0 Å². The normalized spacial score (nSPS) is 10.8. The number of esters is 1. The lowest BCUT2D eigenvalue weighted by Crippen LogP contribution is -1.99. The summed E-state index contributed by atoms with van der Waals surface area (Å²) in [7, 11) is 0. The van der Waals surface area contributed by atoms with E-state index in [0.717, 1.165) is 11.1 Å². The van der Waals surface area contributed by atoms with Gasteiger partial charge in [-0.3, -0.25) is 0 Å². The second-order valence-corrected chi connectivity index (χ2v) is 6.08. The summed E-state index contributed by atoms with van der Waals surface area (Å²) < 4.78 is 24.1. The third-order valence-corrected chi connectivity index (χ3v) is 3.89. The van der Waals surface area contributed by atoms with E-state index < -0.39 is 5.97 Å². The van der Waals surface area contributed by atoms with Crippen molar-refractivity contribution in [2.75, 3.05) is 6.61 Å². The predicted molar refractivity (Wildman–Crippen MR) is 95.6 cm³/mol. The molecule has 0 aliphatic heterocycles. The van der Waals surface area contributed by atoms with E-state index in [9.17, 15) is 9.18 Å². The first-order valence-electron chi connectivity index (χ1n) is 7.20. The van der Waals surface area contributed by atoms with Crippen molar-refractivity contribution in [2.24, 2.45) is 0 Å². The van der Waals surface area contributed by atoms with Crippen molar-refractivity contribution in [2.45, 2.75) is 13.5 Å². The number of hydrogen-bond donors (Lipinski definition) is 0. The van der Waals surface area contributed by atoms with Crippen LogP contribution in [0.15, 0.2) is 46.9 Å². The van der Waals surface area contributed by atoms with Crippen LogP contribution in [0.4, 0.5) is 4.39 Å². The van der Waals surface area contributed by atoms with Gasteiger partial charge >= 0.3 is 5.97 Å². The topological polar surface area (TPSA) is 35.5 Å². The van der Waals surface area contributed by atoms with Gasteiger partial charge in [-0.1, -0.05) is 23.7 Å². The molecule has 0 radical (unpaired) electrons. The van der Waals surface area contributed by atoms with Gasteiger partial charge in [-0.25, -0.2) is 9.18 Å². The molecular weight excluding hydrogens is 399 g/mol. The molecule has 0 spiro atoms. The van der Waals surface area contributed by atoms with Crippen LogP contribution in [-0.4, -0.2) is 12.6 Å². The summed E-state index contributed by atoms with van der Waals surface area (Å²) in [6.07, 6.45) is 2.94. The Labute approximate surface area is 153 Å². The van der Waals surface area contributed by atoms with Crippen molar-refractivity contribution in [1.82, 2.24) is 0 Å². The van der Waals surface area contributed by atoms with Crippen LogP contribution in [0.2, 0.25) is 5.02 Å². The number of carbonyl (C=O) groups excluding carboxylic acids is 1. The molecule has 2 rings (SSSR count). The molecule has 0 amide bonds. The first-order valence-corrected chi connectivity index (χ1v) is 8.38. The fourth-order valence-corrected chi connectivity index (χ4v) is 2.89. The Balaban J connectivity index is 2.09. The second-order valence-electron chi connectivity index (χ2n) is 4.81. The highest BCUT2D eigenvalue weighted by molar-refractivity contribution is 9.10. The first kappa shape index (κ1) is 18.5. The van der Waals surface area contributed by atoms with E-state index in [4.69, 9.17) is 21.1 Å². The highest BCUT2D eigenvalue weighted by Crippen LogP contribution is 2.35. The summed E-state index contributed by atoms with van der Waals surface area (Å²) in [5, 5.41) is 0.398. The maximum absolute atomic E-state index is 12.9. The van der Waals surface area contributed by atoms with Gasteiger partial charge in [0.2, 0.25) is 0 Å². The minimum atomic E-state index is -0.415. The van der Waals surface area contributed by atoms with Crippen molar-refractivity contribution >= 4 is 39.6 Å². The average Bonchev–Trinajstić information content (AvgIpc) is 2.54. The third-order valence-electron chi connectivity index (χ3n) is 3.02. The van der Waals surface area contributed by atoms with Gasteiger partial charge in [0.25, 0.3) is 0 Å². The molecule has 0 N–H and O–H groups in total. The van der Waals surface area contributed by atoms with Crippen LogP contribution in [0.1, 0.15) is 18.1 Å². The Morgan fingerprint density at radius 1 is 1.29 bits per heavy atom. The van der Waals surface area contributed by atoms with Crippen LogP contribution in [0.25, 0.3) is 6.08 Å². The molecule has 0 fully saturated rings. The van der Waals surface area contributed by atoms with E-state index in [-0.39, 0.29) is 12.4 Å². The standard InChI is InChI=1S/C18H15BrClFO3/c1-2-23-17(22)8-5-13-9-15(19)18(16(20)10-13)24-11-12-3-6-14(21)7-4-12/h3-10H,2,11H2,1H3/b8-5+. The number of hydrogen-bond acceptors (Lipinski definition) is 3. The lowest BCUT2D eigenvalue weighted by molar-refractivity contribution is -0.137. The monoisotopic (exact) mass is 412 g/mol. The van der Waals surface area contributed by atoms with E-state index in [0.29, 0.717) is 21.9 Å². The molecule has 0 heterocycles. The minimum Gasteiger partial charge on any atom is -0.486 e. The number of benzene rings is 2. The van der Waals surface area contributed by atoms with E-state index in [2.05, 4.69) is 15.9 Å². The van der Waals surface area contributed by atoms with Gasteiger partial charge in [0.05, 0.1) is 16.1 Å². The van der Waals surface area contributed by atoms with E-state index >= 15 is 0 Å². The quantitative estimate of drug-likeness (QED) is 0.470. The fourth-order valence-electron chi connectivity index (χ4n) is 1.90. The SMILES string of the molecule is CCOC(=O)/C=C/c1cc(Cl)c(OCc2ccc(F)cc2)c(Br)c1. The van der Waals surface area contributed by atoms with Gasteiger partial charge in [-0.15, -0.1) is 0 Å². The van der Waals surface area contributed by atoms with Crippen molar-refractivity contribution in [3.05, 3.63) is 68.9 Å². The molecular formula is C18H15BrClFO3. The van der Waals surface area contributed by atoms with E-state index in [1.54, 1.807) is 37.3 Å². The highest BCUT2D eigenvalue weighted by Gasteiger charge is 2.09. The van der Waals surface area contributed by atoms with Gasteiger partial charge < -0.3 is 9.47 Å². The fraction of sp³-hybridized carbons (Fsp3) is 0.167. The second kappa shape index (κ2) is 8.85. The first-order chi connectivity index (χ1) is 11.5. The summed E-state index contributed by atoms with van der Waals surface area (Å²) in [5.41, 5.74) is 1.56. The van der Waals surface area contributed by atoms with Crippen LogP contribution >= 0.6 is 27.5 Å². The van der Waals surface area contributed by atoms with Gasteiger partial charge in [-0.2, -0.15) is 0 Å². The van der Waals surface area contributed by atoms with Crippen molar-refractivity contribution in [3.63, 3.8) is 0 Å². The molecule has 0 bridgehead atoms. The van der Waals surface area contributed by atoms with Crippen molar-refractivity contribution in [1.29, 1.82) is 0 Å². The van der Waals surface area contributed by atoms with Crippen LogP contribution in [0.5, 0.6) is 5.75 Å². The zero-order chi connectivity index (χ0) is 17.5. The molecule has 0 aliphatic carbocycles. The predicted octanol–water partition coefficient (Wildman–Crippen LogP) is 5.40. The molecule has 2 aromatic rings. The van der Waals surface area contributed by atoms with Gasteiger partial charge in [0.15, 0.2) is 5.75 Å². The number of rotatable bonds is 6. The minimum absolute atomic E-state index is 0.261. The molecule has 0 aromatic heterocycles. The number of ether oxygens (including phenoxy) is 2. The maximum atomic E-state index is 12.9. The Hall–Kier alpha value is -1.85. The Bertz CT molecular complexity index is 721. The van der Waals surface area contributed by atoms with Crippen molar-refractivity contribution in [3.8, 4) is 5.75 Å². The Kier molecular flexibility index (Phi) is 6.82. The Morgan fingerprint density at radius 2 is 2.00 bits per heavy atom. The molecule has 0 aliphatic rings. The smallest absolute Gasteiger partial charge is 0.330 e. The van der Waals surface area contributed by atoms with Crippen LogP contribution < -0.4 is 4.74 Å². The molecule has 0 atom stereocenters. The zero-order valence-electron chi connectivity index (χ0n) is 12.9. The van der Waals surface area contributed by atoms with Gasteiger partial charge in [0.1, 0.15) is 12.4 Å². The molecule has 126 valence electrons. The maximum Gasteiger partial charge on any atom is 0.330 e. The third kappa shape index (κ3) is 5.35. The number of carbonyl (C=O) groups is 1. The molecule has 0 saturated carbocycles. The summed E-state index contributed by atoms with van der Waals surface area (Å²) in [5.74, 6) is -0.230. The lowest BCUT2D eigenvalue weighted by atomic mass is 10.2. The average molecular weight is 414 g/mol. The molecule has 6 heteroatoms. The Morgan fingerprint density at radius 3 is 2.62 bits per heavy atom. The summed E-state index contributed by atoms with van der Waals surface area (Å²) >= 11 is 9.64. The molecule has 2 aromatic carbocycles. The molecule has 24 heavy (non-hydrogen) atoms. The molecule has 3 nitrogen and oxygen atoms in total.